The molecule has 0 radical (unpaired) electrons. The molecule has 6 saturated carbocycles. The first-order valence-electron chi connectivity index (χ1n) is 13.2. The van der Waals surface area contributed by atoms with Crippen LogP contribution in [0.3, 0.4) is 0 Å². The van der Waals surface area contributed by atoms with Crippen LogP contribution in [-0.2, 0) is 9.59 Å². The molecule has 2 N–H and O–H groups in total. The van der Waals surface area contributed by atoms with Crippen LogP contribution in [0.15, 0.2) is 0 Å². The molecule has 0 aromatic rings. The minimum atomic E-state index is -0.267. The van der Waals surface area contributed by atoms with Gasteiger partial charge in [0.15, 0.2) is 0 Å². The maximum atomic E-state index is 13.6. The molecule has 4 bridgehead atoms. The van der Waals surface area contributed by atoms with Gasteiger partial charge < -0.3 is 10.6 Å². The van der Waals surface area contributed by atoms with Crippen LogP contribution in [0, 0.1) is 22.7 Å². The van der Waals surface area contributed by atoms with Gasteiger partial charge in [0, 0.05) is 12.1 Å². The summed E-state index contributed by atoms with van der Waals surface area (Å²) < 4.78 is 0. The quantitative estimate of drug-likeness (QED) is 0.617. The summed E-state index contributed by atoms with van der Waals surface area (Å²) in [6.07, 6.45) is 21.0. The molecule has 0 aliphatic heterocycles. The predicted molar refractivity (Wildman–Crippen MR) is 119 cm³/mol. The molecule has 0 spiro atoms. The number of hydrogen-bond donors (Lipinski definition) is 2. The Balaban J connectivity index is 1.30. The lowest BCUT2D eigenvalue weighted by atomic mass is 9.43. The van der Waals surface area contributed by atoms with E-state index in [0.717, 1.165) is 57.8 Å². The van der Waals surface area contributed by atoms with E-state index < -0.39 is 0 Å². The van der Waals surface area contributed by atoms with Crippen molar-refractivity contribution in [2.75, 3.05) is 0 Å². The van der Waals surface area contributed by atoms with Gasteiger partial charge in [-0.15, -0.1) is 0 Å². The van der Waals surface area contributed by atoms with E-state index in [1.807, 2.05) is 0 Å². The maximum Gasteiger partial charge on any atom is 0.226 e. The third-order valence-corrected chi connectivity index (χ3v) is 9.41. The van der Waals surface area contributed by atoms with Gasteiger partial charge in [-0.05, 0) is 76.0 Å². The highest BCUT2D eigenvalue weighted by atomic mass is 16.2. The second kappa shape index (κ2) is 8.47. The fourth-order valence-electron chi connectivity index (χ4n) is 8.32. The Bertz CT molecular complexity index is 577. The Morgan fingerprint density at radius 3 is 1.30 bits per heavy atom. The smallest absolute Gasteiger partial charge is 0.226 e. The summed E-state index contributed by atoms with van der Waals surface area (Å²) in [5.41, 5.74) is -0.533. The molecule has 2 amide bonds. The van der Waals surface area contributed by atoms with Gasteiger partial charge in [0.05, 0.1) is 10.8 Å². The van der Waals surface area contributed by atoms with Crippen LogP contribution >= 0.6 is 0 Å². The third kappa shape index (κ3) is 4.05. The monoisotopic (exact) mass is 414 g/mol. The molecule has 6 fully saturated rings. The Hall–Kier alpha value is -1.06. The Kier molecular flexibility index (Phi) is 5.88. The molecule has 0 saturated heterocycles. The Morgan fingerprint density at radius 2 is 0.933 bits per heavy atom. The van der Waals surface area contributed by atoms with Crippen LogP contribution in [0.5, 0.6) is 0 Å². The molecule has 6 aliphatic carbocycles. The van der Waals surface area contributed by atoms with Crippen LogP contribution < -0.4 is 10.6 Å². The van der Waals surface area contributed by atoms with Gasteiger partial charge in [-0.25, -0.2) is 0 Å². The highest BCUT2D eigenvalue weighted by Crippen LogP contribution is 2.65. The zero-order valence-electron chi connectivity index (χ0n) is 18.9. The molecule has 6 rings (SSSR count). The van der Waals surface area contributed by atoms with Crippen molar-refractivity contribution in [1.29, 1.82) is 0 Å². The lowest BCUT2D eigenvalue weighted by Gasteiger charge is -2.60. The van der Waals surface area contributed by atoms with Crippen LogP contribution in [0.2, 0.25) is 0 Å². The third-order valence-electron chi connectivity index (χ3n) is 9.41. The summed E-state index contributed by atoms with van der Waals surface area (Å²) in [6, 6.07) is 0.729. The zero-order chi connectivity index (χ0) is 20.6. The lowest BCUT2D eigenvalue weighted by Crippen LogP contribution is -2.62. The van der Waals surface area contributed by atoms with Crippen LogP contribution in [-0.4, -0.2) is 23.9 Å². The molecular weight excluding hydrogens is 372 g/mol. The number of nitrogens with one attached hydrogen (secondary N) is 2. The van der Waals surface area contributed by atoms with Crippen LogP contribution in [0.25, 0.3) is 0 Å². The molecule has 0 aromatic carbocycles. The number of amides is 2. The van der Waals surface area contributed by atoms with Gasteiger partial charge in [-0.2, -0.15) is 0 Å². The van der Waals surface area contributed by atoms with Crippen molar-refractivity contribution in [3.63, 3.8) is 0 Å². The Morgan fingerprint density at radius 1 is 0.567 bits per heavy atom. The van der Waals surface area contributed by atoms with Gasteiger partial charge in [-0.3, -0.25) is 9.59 Å². The van der Waals surface area contributed by atoms with E-state index >= 15 is 0 Å². The lowest BCUT2D eigenvalue weighted by molar-refractivity contribution is -0.168. The number of rotatable bonds is 4. The van der Waals surface area contributed by atoms with E-state index in [2.05, 4.69) is 10.6 Å². The van der Waals surface area contributed by atoms with Crippen molar-refractivity contribution in [3.8, 4) is 0 Å². The van der Waals surface area contributed by atoms with Crippen molar-refractivity contribution in [1.82, 2.24) is 10.6 Å². The van der Waals surface area contributed by atoms with Crippen molar-refractivity contribution in [3.05, 3.63) is 0 Å². The van der Waals surface area contributed by atoms with E-state index in [1.165, 1.54) is 57.8 Å². The standard InChI is InChI=1S/C26H42N2O2/c29-23(27-21-9-5-1-2-6-10-21)25-14-19-13-20(15-25)17-26(16-19,18-25)24(30)28-22-11-7-3-4-8-12-22/h19-22H,1-18H2,(H,27,29)(H,28,30). The fraction of sp³-hybridized carbons (Fsp3) is 0.923. The van der Waals surface area contributed by atoms with E-state index in [9.17, 15) is 9.59 Å². The van der Waals surface area contributed by atoms with E-state index in [4.69, 9.17) is 0 Å². The summed E-state index contributed by atoms with van der Waals surface area (Å²) in [5, 5.41) is 6.98. The molecule has 0 atom stereocenters. The first-order chi connectivity index (χ1) is 14.6. The first kappa shape index (κ1) is 20.8. The van der Waals surface area contributed by atoms with Gasteiger partial charge >= 0.3 is 0 Å². The Labute approximate surface area is 182 Å². The molecule has 4 nitrogen and oxygen atoms in total. The number of hydrogen-bond acceptors (Lipinski definition) is 2. The number of carbonyl (C=O) groups excluding carboxylic acids is 2. The molecule has 30 heavy (non-hydrogen) atoms. The van der Waals surface area contributed by atoms with Crippen molar-refractivity contribution in [2.24, 2.45) is 22.7 Å². The first-order valence-corrected chi connectivity index (χ1v) is 13.2. The average Bonchev–Trinajstić information content (AvgIpc) is 3.12. The minimum absolute atomic E-state index is 0.267. The van der Waals surface area contributed by atoms with Crippen LogP contribution in [0.1, 0.15) is 116 Å². The topological polar surface area (TPSA) is 58.2 Å². The highest BCUT2D eigenvalue weighted by Gasteiger charge is 2.63. The largest absolute Gasteiger partial charge is 0.353 e. The molecular formula is C26H42N2O2. The second-order valence-corrected chi connectivity index (χ2v) is 11.8. The predicted octanol–water partition coefficient (Wildman–Crippen LogP) is 5.25. The van der Waals surface area contributed by atoms with Gasteiger partial charge in [0.25, 0.3) is 0 Å². The highest BCUT2D eigenvalue weighted by molar-refractivity contribution is 5.88. The molecule has 168 valence electrons. The average molecular weight is 415 g/mol. The SMILES string of the molecule is O=C(NC1CCCCCC1)C12CC3CC(C1)CC(C(=O)NC1CCCCCC1)(C3)C2. The van der Waals surface area contributed by atoms with Crippen LogP contribution in [0.4, 0.5) is 0 Å². The second-order valence-electron chi connectivity index (χ2n) is 11.8. The molecule has 0 unspecified atom stereocenters. The van der Waals surface area contributed by atoms with Gasteiger partial charge in [0.1, 0.15) is 0 Å². The van der Waals surface area contributed by atoms with Crippen molar-refractivity contribution >= 4 is 11.8 Å². The van der Waals surface area contributed by atoms with Crippen molar-refractivity contribution < 1.29 is 9.59 Å². The van der Waals surface area contributed by atoms with E-state index in [-0.39, 0.29) is 10.8 Å². The summed E-state index contributed by atoms with van der Waals surface area (Å²) in [5.74, 6) is 1.75. The summed E-state index contributed by atoms with van der Waals surface area (Å²) in [4.78, 5) is 27.3. The molecule has 6 aliphatic rings. The molecule has 4 heteroatoms. The maximum absolute atomic E-state index is 13.6. The summed E-state index contributed by atoms with van der Waals surface area (Å²) in [6.45, 7) is 0. The minimum Gasteiger partial charge on any atom is -0.353 e. The van der Waals surface area contributed by atoms with Gasteiger partial charge in [0.2, 0.25) is 11.8 Å². The molecule has 0 heterocycles. The van der Waals surface area contributed by atoms with Crippen molar-refractivity contribution in [2.45, 2.75) is 128 Å². The summed E-state index contributed by atoms with van der Waals surface area (Å²) >= 11 is 0. The normalized spacial score (nSPS) is 39.9. The van der Waals surface area contributed by atoms with Gasteiger partial charge in [-0.1, -0.05) is 51.4 Å². The summed E-state index contributed by atoms with van der Waals surface area (Å²) in [7, 11) is 0. The molecule has 0 aromatic heterocycles. The number of carbonyl (C=O) groups is 2. The fourth-order valence-corrected chi connectivity index (χ4v) is 8.32. The zero-order valence-corrected chi connectivity index (χ0v) is 18.9. The van der Waals surface area contributed by atoms with E-state index in [1.54, 1.807) is 0 Å². The van der Waals surface area contributed by atoms with E-state index in [0.29, 0.717) is 35.7 Å².